The number of hydrogen-bond donors (Lipinski definition) is 6. The number of nitrogens with one attached hydrogen (secondary N) is 2. The molecule has 318 valence electrons. The lowest BCUT2D eigenvalue weighted by atomic mass is 9.78. The minimum Gasteiger partial charge on any atom is -0.507 e. The lowest BCUT2D eigenvalue weighted by Gasteiger charge is -2.39. The van der Waals surface area contributed by atoms with Gasteiger partial charge in [-0.25, -0.2) is 4.99 Å². The lowest BCUT2D eigenvalue weighted by Crippen LogP contribution is -2.54. The van der Waals surface area contributed by atoms with E-state index in [0.29, 0.717) is 18.8 Å². The van der Waals surface area contributed by atoms with E-state index in [-0.39, 0.29) is 61.5 Å². The van der Waals surface area contributed by atoms with E-state index in [1.54, 1.807) is 65.8 Å². The third-order valence-corrected chi connectivity index (χ3v) is 13.4. The summed E-state index contributed by atoms with van der Waals surface area (Å²) in [5, 5.41) is 54.1. The molecule has 0 aromatic heterocycles. The Morgan fingerprint density at radius 3 is 2.25 bits per heavy atom. The number of aliphatic hydroxyl groups is 2. The molecule has 4 heterocycles. The molecule has 2 unspecified atom stereocenters. The second kappa shape index (κ2) is 15.6. The number of amides is 1. The number of ketones is 1. The summed E-state index contributed by atoms with van der Waals surface area (Å²) in [6.07, 6.45) is 5.68. The third-order valence-electron chi connectivity index (χ3n) is 13.4. The van der Waals surface area contributed by atoms with Crippen LogP contribution in [0.2, 0.25) is 0 Å². The first-order valence-corrected chi connectivity index (χ1v) is 20.4. The van der Waals surface area contributed by atoms with Crippen LogP contribution in [-0.2, 0) is 23.8 Å². The van der Waals surface area contributed by atoms with E-state index in [9.17, 15) is 34.8 Å². The van der Waals surface area contributed by atoms with Gasteiger partial charge in [0.1, 0.15) is 34.0 Å². The first-order valence-electron chi connectivity index (χ1n) is 20.4. The van der Waals surface area contributed by atoms with Crippen LogP contribution in [0, 0.1) is 42.4 Å². The van der Waals surface area contributed by atoms with E-state index >= 15 is 0 Å². The van der Waals surface area contributed by atoms with E-state index in [0.717, 1.165) is 12.8 Å². The maximum atomic E-state index is 14.7. The second-order valence-electron chi connectivity index (χ2n) is 17.2. The summed E-state index contributed by atoms with van der Waals surface area (Å²) in [6.45, 7) is 14.2. The second-order valence-corrected chi connectivity index (χ2v) is 17.2. The zero-order valence-corrected chi connectivity index (χ0v) is 35.0. The summed E-state index contributed by atoms with van der Waals surface area (Å²) in [7, 11) is 1.47. The van der Waals surface area contributed by atoms with Crippen molar-refractivity contribution < 1.29 is 53.8 Å². The van der Waals surface area contributed by atoms with Crippen molar-refractivity contribution >= 4 is 34.1 Å². The highest BCUT2D eigenvalue weighted by Gasteiger charge is 2.56. The Bertz CT molecular complexity index is 2290. The number of nitrogens with zero attached hydrogens (tertiary/aromatic N) is 2. The number of benzene rings is 2. The van der Waals surface area contributed by atoms with Crippen molar-refractivity contribution in [3.63, 3.8) is 0 Å². The molecular formula is C44H56N4O11. The van der Waals surface area contributed by atoms with E-state index < -0.39 is 82.9 Å². The van der Waals surface area contributed by atoms with Gasteiger partial charge in [0.2, 0.25) is 0 Å². The molecule has 15 heteroatoms. The Balaban J connectivity index is 1.43. The predicted molar refractivity (Wildman–Crippen MR) is 216 cm³/mol. The SMILES string of the molecule is CO[C@H]1/C=C/O[C@@]2(C)Oc3c(C)c(O)c4c(O)c(c5c(c4c3C2=O)NC2(N=5)C3CCC2CNC3)=NC(=O)/C(C)=C\C=C\[C@H](C)[C@H](O)[C@@H](C)[C@@H](O)[C@@H](C)[C@H](OC(C)=O)[C@@H]1C. The molecule has 2 fully saturated rings. The molecule has 11 atom stereocenters. The van der Waals surface area contributed by atoms with Crippen LogP contribution in [0.5, 0.6) is 17.2 Å². The zero-order chi connectivity index (χ0) is 42.9. The number of carbonyl (C=O) groups excluding carboxylic acids is 3. The average Bonchev–Trinajstić information content (AvgIpc) is 3.74. The van der Waals surface area contributed by atoms with Crippen LogP contribution in [0.15, 0.2) is 46.1 Å². The molecule has 1 amide bonds. The van der Waals surface area contributed by atoms with Gasteiger partial charge in [0.15, 0.2) is 5.75 Å². The number of ether oxygens (including phenoxy) is 4. The number of phenols is 2. The van der Waals surface area contributed by atoms with Crippen LogP contribution in [0.4, 0.5) is 5.69 Å². The van der Waals surface area contributed by atoms with E-state index in [2.05, 4.69) is 15.6 Å². The van der Waals surface area contributed by atoms with Gasteiger partial charge in [0, 0.05) is 86.1 Å². The van der Waals surface area contributed by atoms with Crippen LogP contribution in [0.1, 0.15) is 77.2 Å². The van der Waals surface area contributed by atoms with Crippen LogP contribution in [-0.4, -0.2) is 94.2 Å². The molecule has 2 aromatic rings. The van der Waals surface area contributed by atoms with E-state index in [1.165, 1.54) is 27.2 Å². The highest BCUT2D eigenvalue weighted by molar-refractivity contribution is 6.21. The largest absolute Gasteiger partial charge is 0.507 e. The van der Waals surface area contributed by atoms with E-state index in [1.807, 2.05) is 0 Å². The maximum absolute atomic E-state index is 14.7. The molecule has 4 aliphatic heterocycles. The van der Waals surface area contributed by atoms with E-state index in [4.69, 9.17) is 23.9 Å². The van der Waals surface area contributed by atoms with Gasteiger partial charge in [-0.15, -0.1) is 0 Å². The zero-order valence-electron chi connectivity index (χ0n) is 35.0. The molecule has 6 N–H and O–H groups in total. The maximum Gasteiger partial charge on any atom is 0.312 e. The number of carbonyl (C=O) groups is 3. The van der Waals surface area contributed by atoms with Gasteiger partial charge in [-0.3, -0.25) is 19.4 Å². The predicted octanol–water partition coefficient (Wildman–Crippen LogP) is 3.63. The number of piperidine rings is 1. The minimum atomic E-state index is -1.95. The van der Waals surface area contributed by atoms with Crippen molar-refractivity contribution in [2.45, 2.75) is 104 Å². The van der Waals surface area contributed by atoms with Crippen LogP contribution in [0.25, 0.3) is 10.8 Å². The number of fused-ring (bicyclic) bond motifs is 1. The fourth-order valence-electron chi connectivity index (χ4n) is 9.83. The lowest BCUT2D eigenvalue weighted by molar-refractivity contribution is -0.160. The molecule has 1 saturated heterocycles. The summed E-state index contributed by atoms with van der Waals surface area (Å²) in [6, 6.07) is 0. The van der Waals surface area contributed by atoms with Gasteiger partial charge in [0.25, 0.3) is 11.7 Å². The quantitative estimate of drug-likeness (QED) is 0.189. The molecule has 0 radical (unpaired) electrons. The van der Waals surface area contributed by atoms with Crippen molar-refractivity contribution in [3.05, 3.63) is 58.0 Å². The number of Topliss-reactive ketones (excluding diaryl/α,β-unsaturated/α-hetero) is 1. The third kappa shape index (κ3) is 6.89. The van der Waals surface area contributed by atoms with Crippen molar-refractivity contribution in [1.82, 2.24) is 5.32 Å². The van der Waals surface area contributed by atoms with Gasteiger partial charge in [-0.2, -0.15) is 0 Å². The molecule has 1 aliphatic carbocycles. The number of esters is 1. The average molecular weight is 817 g/mol. The highest BCUT2D eigenvalue weighted by Crippen LogP contribution is 2.53. The van der Waals surface area contributed by atoms with Gasteiger partial charge >= 0.3 is 11.8 Å². The minimum absolute atomic E-state index is 0.0516. The number of aliphatic hydroxyl groups excluding tert-OH is 2. The van der Waals surface area contributed by atoms with Crippen LogP contribution in [0.3, 0.4) is 0 Å². The normalized spacial score (nSPS) is 37.8. The van der Waals surface area contributed by atoms with Crippen molar-refractivity contribution in [1.29, 1.82) is 0 Å². The molecule has 15 nitrogen and oxygen atoms in total. The molecule has 59 heavy (non-hydrogen) atoms. The number of rotatable bonds is 2. The number of aromatic hydroxyl groups is 2. The highest BCUT2D eigenvalue weighted by atomic mass is 16.7. The first kappa shape index (κ1) is 42.3. The number of methoxy groups -OCH3 is 1. The summed E-state index contributed by atoms with van der Waals surface area (Å²) in [5.74, 6) is -6.88. The topological polar surface area (TPSA) is 218 Å². The number of allylic oxidation sites excluding steroid dienone is 2. The number of hydrogen-bond acceptors (Lipinski definition) is 14. The van der Waals surface area contributed by atoms with Gasteiger partial charge in [-0.05, 0) is 32.8 Å². The van der Waals surface area contributed by atoms with Crippen molar-refractivity contribution in [2.24, 2.45) is 45.5 Å². The first-order chi connectivity index (χ1) is 27.9. The number of anilines is 1. The fourth-order valence-corrected chi connectivity index (χ4v) is 9.83. The Kier molecular flexibility index (Phi) is 11.2. The molecule has 1 spiro atoms. The molecule has 6 bridgehead atoms. The van der Waals surface area contributed by atoms with Crippen LogP contribution >= 0.6 is 0 Å². The summed E-state index contributed by atoms with van der Waals surface area (Å²) >= 11 is 0. The summed E-state index contributed by atoms with van der Waals surface area (Å²) < 4.78 is 24.0. The van der Waals surface area contributed by atoms with Gasteiger partial charge in [0.05, 0.1) is 41.2 Å². The Labute approximate surface area is 342 Å². The Hall–Kier alpha value is -4.83. The molecule has 1 saturated carbocycles. The van der Waals surface area contributed by atoms with Gasteiger partial charge in [-0.1, -0.05) is 45.9 Å². The molecular weight excluding hydrogens is 761 g/mol. The van der Waals surface area contributed by atoms with Crippen molar-refractivity contribution in [2.75, 3.05) is 25.5 Å². The molecule has 5 aliphatic rings. The summed E-state index contributed by atoms with van der Waals surface area (Å²) in [5.41, 5.74) is -0.0343. The smallest absolute Gasteiger partial charge is 0.312 e. The monoisotopic (exact) mass is 816 g/mol. The molecule has 7 rings (SSSR count). The molecule has 2 aromatic carbocycles. The Morgan fingerprint density at radius 2 is 1.61 bits per heavy atom. The fraction of sp³-hybridized carbons (Fsp3) is 0.568. The standard InChI is InChI=1S/C44H56N4O11/c1-19-11-10-12-20(2)42(55)46-34-33-32(47-44(48-33)26-13-14-27(44)18-45-17-26)29-30(38(34)53)37(52)24(6)40-31(29)41(54)43(8,59-40)57-16-15-28(56-9)21(3)39(58-25(7)49)23(5)36(51)22(4)35(19)50/h10-12,15-16,19,21-23,26-28,35-36,39,45,47,50-53H,13-14,17-18H2,1-9H3/b11-10+,16-15+,20-12-,46-34?/t19-,21+,22+,23+,26?,27?,28-,35-,36+,39+,43-,44?/m0/s1. The van der Waals surface area contributed by atoms with Gasteiger partial charge < -0.3 is 50.0 Å². The Morgan fingerprint density at radius 1 is 0.932 bits per heavy atom. The van der Waals surface area contributed by atoms with Crippen molar-refractivity contribution in [3.8, 4) is 17.2 Å². The number of phenolic OH excluding ortho intramolecular Hbond substituents is 2. The van der Waals surface area contributed by atoms with Crippen LogP contribution < -0.4 is 26.1 Å². The summed E-state index contributed by atoms with van der Waals surface area (Å²) in [4.78, 5) is 50.6.